The molecular formula is C15H15ClN2OS. The van der Waals surface area contributed by atoms with Gasteiger partial charge in [0.2, 0.25) is 0 Å². The summed E-state index contributed by atoms with van der Waals surface area (Å²) in [5.74, 6) is 2.40. The van der Waals surface area contributed by atoms with Gasteiger partial charge in [0.1, 0.15) is 4.88 Å². The molecule has 0 saturated heterocycles. The van der Waals surface area contributed by atoms with Crippen molar-refractivity contribution in [2.75, 3.05) is 18.8 Å². The van der Waals surface area contributed by atoms with Gasteiger partial charge in [-0.25, -0.2) is 0 Å². The molecule has 0 bridgehead atoms. The summed E-state index contributed by atoms with van der Waals surface area (Å²) in [5.41, 5.74) is 6.57. The average Bonchev–Trinajstić information content (AvgIpc) is 2.75. The monoisotopic (exact) mass is 306 g/mol. The zero-order chi connectivity index (χ0) is 14.7. The van der Waals surface area contributed by atoms with E-state index >= 15 is 0 Å². The number of amides is 1. The second kappa shape index (κ2) is 6.17. The van der Waals surface area contributed by atoms with E-state index in [1.807, 2.05) is 13.0 Å². The van der Waals surface area contributed by atoms with Crippen molar-refractivity contribution in [3.63, 3.8) is 0 Å². The van der Waals surface area contributed by atoms with Gasteiger partial charge in [-0.05, 0) is 24.6 Å². The van der Waals surface area contributed by atoms with Crippen LogP contribution in [0, 0.1) is 12.3 Å². The highest BCUT2D eigenvalue weighted by Crippen LogP contribution is 2.35. The Balaban J connectivity index is 2.44. The molecule has 0 saturated carbocycles. The Morgan fingerprint density at radius 3 is 2.95 bits per heavy atom. The summed E-state index contributed by atoms with van der Waals surface area (Å²) in [6, 6.07) is 5.45. The molecule has 1 heterocycles. The third-order valence-electron chi connectivity index (χ3n) is 2.95. The van der Waals surface area contributed by atoms with Crippen molar-refractivity contribution in [1.82, 2.24) is 4.90 Å². The minimum Gasteiger partial charge on any atom is -0.397 e. The summed E-state index contributed by atoms with van der Waals surface area (Å²) in [6.45, 7) is 2.92. The Labute approximate surface area is 127 Å². The molecule has 0 unspecified atom stereocenters. The maximum absolute atomic E-state index is 12.5. The Morgan fingerprint density at radius 1 is 1.55 bits per heavy atom. The predicted molar refractivity (Wildman–Crippen MR) is 86.3 cm³/mol. The van der Waals surface area contributed by atoms with E-state index in [4.69, 9.17) is 23.8 Å². The van der Waals surface area contributed by atoms with Crippen LogP contribution in [0.5, 0.6) is 0 Å². The number of hydrogen-bond donors (Lipinski definition) is 1. The number of anilines is 1. The van der Waals surface area contributed by atoms with Gasteiger partial charge in [0, 0.05) is 21.7 Å². The number of terminal acetylenes is 1. The quantitative estimate of drug-likeness (QED) is 0.877. The maximum Gasteiger partial charge on any atom is 0.266 e. The molecule has 3 nitrogen and oxygen atoms in total. The molecule has 2 aromatic rings. The number of nitrogens with zero attached hydrogens (tertiary/aromatic N) is 1. The van der Waals surface area contributed by atoms with Gasteiger partial charge in [-0.15, -0.1) is 17.8 Å². The molecule has 1 aromatic carbocycles. The van der Waals surface area contributed by atoms with Gasteiger partial charge in [0.15, 0.2) is 0 Å². The van der Waals surface area contributed by atoms with E-state index in [9.17, 15) is 4.79 Å². The number of fused-ring (bicyclic) bond motifs is 1. The number of thiophene rings is 1. The van der Waals surface area contributed by atoms with Gasteiger partial charge < -0.3 is 10.6 Å². The summed E-state index contributed by atoms with van der Waals surface area (Å²) in [7, 11) is 0. The van der Waals surface area contributed by atoms with Crippen molar-refractivity contribution in [3.05, 3.63) is 28.1 Å². The van der Waals surface area contributed by atoms with Crippen molar-refractivity contribution < 1.29 is 4.79 Å². The molecule has 20 heavy (non-hydrogen) atoms. The smallest absolute Gasteiger partial charge is 0.266 e. The first-order chi connectivity index (χ1) is 9.58. The fourth-order valence-electron chi connectivity index (χ4n) is 2.02. The van der Waals surface area contributed by atoms with E-state index < -0.39 is 0 Å². The van der Waals surface area contributed by atoms with Crippen LogP contribution in [-0.2, 0) is 0 Å². The van der Waals surface area contributed by atoms with E-state index in [1.54, 1.807) is 17.0 Å². The van der Waals surface area contributed by atoms with Crippen molar-refractivity contribution in [3.8, 4) is 12.3 Å². The fourth-order valence-corrected chi connectivity index (χ4v) is 3.27. The molecule has 0 aliphatic rings. The van der Waals surface area contributed by atoms with Gasteiger partial charge in [-0.2, -0.15) is 0 Å². The highest BCUT2D eigenvalue weighted by molar-refractivity contribution is 7.21. The van der Waals surface area contributed by atoms with Crippen LogP contribution < -0.4 is 5.73 Å². The zero-order valence-electron chi connectivity index (χ0n) is 11.1. The first-order valence-electron chi connectivity index (χ1n) is 6.28. The Bertz CT molecular complexity index is 687. The number of hydrogen-bond acceptors (Lipinski definition) is 3. The van der Waals surface area contributed by atoms with Crippen LogP contribution in [0.2, 0.25) is 5.02 Å². The lowest BCUT2D eigenvalue weighted by molar-refractivity contribution is 0.0782. The summed E-state index contributed by atoms with van der Waals surface area (Å²) in [5, 5.41) is 1.43. The molecule has 1 amide bonds. The Hall–Kier alpha value is -1.70. The van der Waals surface area contributed by atoms with Gasteiger partial charge in [-0.3, -0.25) is 4.79 Å². The van der Waals surface area contributed by atoms with E-state index in [-0.39, 0.29) is 5.91 Å². The van der Waals surface area contributed by atoms with Gasteiger partial charge in [0.25, 0.3) is 5.91 Å². The third-order valence-corrected chi connectivity index (χ3v) is 4.36. The van der Waals surface area contributed by atoms with Crippen LogP contribution in [-0.4, -0.2) is 23.9 Å². The Kier molecular flexibility index (Phi) is 4.53. The summed E-state index contributed by atoms with van der Waals surface area (Å²) >= 11 is 7.35. The first-order valence-corrected chi connectivity index (χ1v) is 7.48. The molecule has 104 valence electrons. The molecule has 0 radical (unpaired) electrons. The molecule has 2 rings (SSSR count). The first kappa shape index (κ1) is 14.7. The number of benzene rings is 1. The number of nitrogens with two attached hydrogens (primary N) is 1. The normalized spacial score (nSPS) is 10.4. The fraction of sp³-hybridized carbons (Fsp3) is 0.267. The zero-order valence-corrected chi connectivity index (χ0v) is 12.7. The van der Waals surface area contributed by atoms with E-state index in [1.165, 1.54) is 11.3 Å². The number of rotatable bonds is 4. The lowest BCUT2D eigenvalue weighted by Crippen LogP contribution is -2.32. The molecular weight excluding hydrogens is 292 g/mol. The molecule has 0 spiro atoms. The van der Waals surface area contributed by atoms with Crippen LogP contribution in [0.15, 0.2) is 18.2 Å². The molecule has 0 aliphatic heterocycles. The minimum atomic E-state index is -0.111. The number of carbonyl (C=O) groups is 1. The largest absolute Gasteiger partial charge is 0.397 e. The minimum absolute atomic E-state index is 0.111. The molecule has 5 heteroatoms. The SMILES string of the molecule is C#CCN(CCC)C(=O)c1sc2ccc(Cl)cc2c1N. The second-order valence-electron chi connectivity index (χ2n) is 4.42. The van der Waals surface area contributed by atoms with Gasteiger partial charge >= 0.3 is 0 Å². The number of carbonyl (C=O) groups excluding carboxylic acids is 1. The van der Waals surface area contributed by atoms with Crippen LogP contribution in [0.25, 0.3) is 10.1 Å². The van der Waals surface area contributed by atoms with Crippen LogP contribution >= 0.6 is 22.9 Å². The Morgan fingerprint density at radius 2 is 2.30 bits per heavy atom. The lowest BCUT2D eigenvalue weighted by atomic mass is 10.2. The average molecular weight is 307 g/mol. The van der Waals surface area contributed by atoms with Crippen molar-refractivity contribution in [1.29, 1.82) is 0 Å². The van der Waals surface area contributed by atoms with E-state index in [0.717, 1.165) is 16.5 Å². The topological polar surface area (TPSA) is 46.3 Å². The molecule has 1 aromatic heterocycles. The standard InChI is InChI=1S/C15H15ClN2OS/c1-3-7-18(8-4-2)15(19)14-13(17)11-9-10(16)5-6-12(11)20-14/h1,5-6,9H,4,7-8,17H2,2H3. The number of halogens is 1. The lowest BCUT2D eigenvalue weighted by Gasteiger charge is -2.18. The van der Waals surface area contributed by atoms with E-state index in [2.05, 4.69) is 5.92 Å². The van der Waals surface area contributed by atoms with Crippen LogP contribution in [0.1, 0.15) is 23.0 Å². The van der Waals surface area contributed by atoms with Crippen LogP contribution in [0.3, 0.4) is 0 Å². The van der Waals surface area contributed by atoms with Crippen molar-refractivity contribution in [2.45, 2.75) is 13.3 Å². The van der Waals surface area contributed by atoms with Gasteiger partial charge in [0.05, 0.1) is 12.2 Å². The van der Waals surface area contributed by atoms with Crippen molar-refractivity contribution >= 4 is 44.6 Å². The molecule has 0 aliphatic carbocycles. The third kappa shape index (κ3) is 2.74. The summed E-state index contributed by atoms with van der Waals surface area (Å²) in [6.07, 6.45) is 6.17. The van der Waals surface area contributed by atoms with E-state index in [0.29, 0.717) is 28.7 Å². The highest BCUT2D eigenvalue weighted by Gasteiger charge is 2.21. The predicted octanol–water partition coefficient (Wildman–Crippen LogP) is 3.62. The summed E-state index contributed by atoms with van der Waals surface area (Å²) in [4.78, 5) is 14.7. The highest BCUT2D eigenvalue weighted by atomic mass is 35.5. The molecule has 0 fully saturated rings. The summed E-state index contributed by atoms with van der Waals surface area (Å²) < 4.78 is 0.951. The number of nitrogen functional groups attached to an aromatic ring is 1. The maximum atomic E-state index is 12.5. The molecule has 2 N–H and O–H groups in total. The second-order valence-corrected chi connectivity index (χ2v) is 5.90. The van der Waals surface area contributed by atoms with Crippen LogP contribution in [0.4, 0.5) is 5.69 Å². The van der Waals surface area contributed by atoms with Crippen molar-refractivity contribution in [2.24, 2.45) is 0 Å². The van der Waals surface area contributed by atoms with Gasteiger partial charge in [-0.1, -0.05) is 24.4 Å². The molecule has 0 atom stereocenters.